The van der Waals surface area contributed by atoms with Gasteiger partial charge in [-0.3, -0.25) is 4.79 Å². The lowest BCUT2D eigenvalue weighted by Gasteiger charge is -2.15. The molecule has 5 heteroatoms. The van der Waals surface area contributed by atoms with Crippen LogP contribution in [0.1, 0.15) is 30.5 Å². The SMILES string of the molecule is CC(=O)Nc1ccc(NC(=O)NC2CCc3ccccc32)cc1. The zero-order valence-corrected chi connectivity index (χ0v) is 12.9. The fourth-order valence-corrected chi connectivity index (χ4v) is 2.87. The normalized spacial score (nSPS) is 15.6. The lowest BCUT2D eigenvalue weighted by Crippen LogP contribution is -2.31. The number of nitrogens with one attached hydrogen (secondary N) is 3. The van der Waals surface area contributed by atoms with Gasteiger partial charge in [-0.25, -0.2) is 4.79 Å². The standard InChI is InChI=1S/C18H19N3O2/c1-12(22)19-14-7-9-15(10-8-14)20-18(23)21-17-11-6-13-4-2-3-5-16(13)17/h2-5,7-10,17H,6,11H2,1H3,(H,19,22)(H2,20,21,23). The first-order valence-corrected chi connectivity index (χ1v) is 7.65. The molecule has 0 aromatic heterocycles. The smallest absolute Gasteiger partial charge is 0.319 e. The molecule has 1 unspecified atom stereocenters. The van der Waals surface area contributed by atoms with Crippen LogP contribution in [0.4, 0.5) is 16.2 Å². The van der Waals surface area contributed by atoms with E-state index in [9.17, 15) is 9.59 Å². The highest BCUT2D eigenvalue weighted by Crippen LogP contribution is 2.30. The minimum absolute atomic E-state index is 0.0600. The van der Waals surface area contributed by atoms with Crippen molar-refractivity contribution in [2.24, 2.45) is 0 Å². The van der Waals surface area contributed by atoms with Crippen molar-refractivity contribution < 1.29 is 9.59 Å². The number of amides is 3. The van der Waals surface area contributed by atoms with Gasteiger partial charge in [0.15, 0.2) is 0 Å². The number of hydrogen-bond acceptors (Lipinski definition) is 2. The summed E-state index contributed by atoms with van der Waals surface area (Å²) in [5, 5.41) is 8.52. The highest BCUT2D eigenvalue weighted by Gasteiger charge is 2.23. The van der Waals surface area contributed by atoms with Crippen LogP contribution in [0.2, 0.25) is 0 Å². The molecule has 0 bridgehead atoms. The van der Waals surface area contributed by atoms with Crippen molar-refractivity contribution in [3.8, 4) is 0 Å². The average Bonchev–Trinajstić information content (AvgIpc) is 2.92. The van der Waals surface area contributed by atoms with Crippen molar-refractivity contribution in [3.05, 3.63) is 59.7 Å². The zero-order valence-electron chi connectivity index (χ0n) is 12.9. The molecule has 0 saturated heterocycles. The zero-order chi connectivity index (χ0) is 16.2. The number of carbonyl (C=O) groups is 2. The molecule has 23 heavy (non-hydrogen) atoms. The van der Waals surface area contributed by atoms with E-state index in [4.69, 9.17) is 0 Å². The summed E-state index contributed by atoms with van der Waals surface area (Å²) < 4.78 is 0. The fraction of sp³-hybridized carbons (Fsp3) is 0.222. The van der Waals surface area contributed by atoms with Gasteiger partial charge in [0.2, 0.25) is 5.91 Å². The Morgan fingerprint density at radius 3 is 2.30 bits per heavy atom. The van der Waals surface area contributed by atoms with E-state index in [-0.39, 0.29) is 18.0 Å². The Bertz CT molecular complexity index is 725. The van der Waals surface area contributed by atoms with Gasteiger partial charge in [0.25, 0.3) is 0 Å². The number of urea groups is 1. The first kappa shape index (κ1) is 15.1. The molecular formula is C18H19N3O2. The first-order valence-electron chi connectivity index (χ1n) is 7.65. The summed E-state index contributed by atoms with van der Waals surface area (Å²) in [6.07, 6.45) is 1.92. The van der Waals surface area contributed by atoms with Gasteiger partial charge >= 0.3 is 6.03 Å². The van der Waals surface area contributed by atoms with Gasteiger partial charge < -0.3 is 16.0 Å². The summed E-state index contributed by atoms with van der Waals surface area (Å²) in [5.74, 6) is -0.122. The third-order valence-electron chi connectivity index (χ3n) is 3.90. The summed E-state index contributed by atoms with van der Waals surface area (Å²) in [7, 11) is 0. The van der Waals surface area contributed by atoms with Crippen molar-refractivity contribution in [2.75, 3.05) is 10.6 Å². The Labute approximate surface area is 135 Å². The molecule has 0 aliphatic heterocycles. The van der Waals surface area contributed by atoms with Crippen molar-refractivity contribution in [3.63, 3.8) is 0 Å². The van der Waals surface area contributed by atoms with E-state index in [1.165, 1.54) is 18.1 Å². The highest BCUT2D eigenvalue weighted by atomic mass is 16.2. The second kappa shape index (κ2) is 6.52. The molecule has 5 nitrogen and oxygen atoms in total. The Kier molecular flexibility index (Phi) is 4.28. The van der Waals surface area contributed by atoms with Crippen LogP contribution in [-0.4, -0.2) is 11.9 Å². The van der Waals surface area contributed by atoms with Crippen molar-refractivity contribution in [1.29, 1.82) is 0 Å². The van der Waals surface area contributed by atoms with Crippen LogP contribution < -0.4 is 16.0 Å². The molecule has 3 rings (SSSR count). The molecule has 0 radical (unpaired) electrons. The van der Waals surface area contributed by atoms with E-state index >= 15 is 0 Å². The van der Waals surface area contributed by atoms with Crippen LogP contribution in [0, 0.1) is 0 Å². The number of hydrogen-bond donors (Lipinski definition) is 3. The number of carbonyl (C=O) groups excluding carboxylic acids is 2. The Morgan fingerprint density at radius 2 is 1.61 bits per heavy atom. The minimum atomic E-state index is -0.223. The lowest BCUT2D eigenvalue weighted by atomic mass is 10.1. The summed E-state index contributed by atoms with van der Waals surface area (Å²) in [4.78, 5) is 23.1. The number of anilines is 2. The Balaban J connectivity index is 1.59. The van der Waals surface area contributed by atoms with E-state index in [1.54, 1.807) is 24.3 Å². The van der Waals surface area contributed by atoms with Crippen LogP contribution in [0.3, 0.4) is 0 Å². The van der Waals surface area contributed by atoms with E-state index in [2.05, 4.69) is 28.1 Å². The molecule has 0 heterocycles. The maximum atomic E-state index is 12.1. The van der Waals surface area contributed by atoms with Gasteiger partial charge in [-0.1, -0.05) is 24.3 Å². The summed E-state index contributed by atoms with van der Waals surface area (Å²) in [6.45, 7) is 1.46. The third-order valence-corrected chi connectivity index (χ3v) is 3.90. The van der Waals surface area contributed by atoms with Gasteiger partial charge in [0, 0.05) is 18.3 Å². The molecule has 1 aliphatic carbocycles. The monoisotopic (exact) mass is 309 g/mol. The molecular weight excluding hydrogens is 290 g/mol. The number of benzene rings is 2. The lowest BCUT2D eigenvalue weighted by molar-refractivity contribution is -0.114. The predicted molar refractivity (Wildman–Crippen MR) is 90.4 cm³/mol. The second-order valence-electron chi connectivity index (χ2n) is 5.65. The third kappa shape index (κ3) is 3.69. The molecule has 118 valence electrons. The summed E-state index contributed by atoms with van der Waals surface area (Å²) in [6, 6.07) is 15.1. The molecule has 0 saturated carbocycles. The van der Waals surface area contributed by atoms with Crippen molar-refractivity contribution >= 4 is 23.3 Å². The van der Waals surface area contributed by atoms with E-state index in [0.717, 1.165) is 12.8 Å². The molecule has 0 spiro atoms. The van der Waals surface area contributed by atoms with Crippen LogP contribution in [0.25, 0.3) is 0 Å². The summed E-state index contributed by atoms with van der Waals surface area (Å²) in [5.41, 5.74) is 3.89. The van der Waals surface area contributed by atoms with Gasteiger partial charge in [-0.15, -0.1) is 0 Å². The topological polar surface area (TPSA) is 70.2 Å². The number of rotatable bonds is 3. The van der Waals surface area contributed by atoms with Crippen LogP contribution in [-0.2, 0) is 11.2 Å². The van der Waals surface area contributed by atoms with Crippen molar-refractivity contribution in [2.45, 2.75) is 25.8 Å². The van der Waals surface area contributed by atoms with Crippen LogP contribution >= 0.6 is 0 Å². The number of aryl methyl sites for hydroxylation is 1. The quantitative estimate of drug-likeness (QED) is 0.812. The molecule has 3 N–H and O–H groups in total. The largest absolute Gasteiger partial charge is 0.331 e. The molecule has 3 amide bonds. The number of fused-ring (bicyclic) bond motifs is 1. The summed E-state index contributed by atoms with van der Waals surface area (Å²) >= 11 is 0. The van der Waals surface area contributed by atoms with Crippen LogP contribution in [0.5, 0.6) is 0 Å². The van der Waals surface area contributed by atoms with Gasteiger partial charge in [-0.05, 0) is 48.2 Å². The van der Waals surface area contributed by atoms with Gasteiger partial charge in [0.1, 0.15) is 0 Å². The molecule has 1 atom stereocenters. The van der Waals surface area contributed by atoms with E-state index in [0.29, 0.717) is 11.4 Å². The van der Waals surface area contributed by atoms with E-state index in [1.807, 2.05) is 12.1 Å². The average molecular weight is 309 g/mol. The minimum Gasteiger partial charge on any atom is -0.331 e. The molecule has 2 aromatic rings. The molecule has 2 aromatic carbocycles. The van der Waals surface area contributed by atoms with Crippen LogP contribution in [0.15, 0.2) is 48.5 Å². The van der Waals surface area contributed by atoms with E-state index < -0.39 is 0 Å². The Morgan fingerprint density at radius 1 is 0.957 bits per heavy atom. The fourth-order valence-electron chi connectivity index (χ4n) is 2.87. The predicted octanol–water partition coefficient (Wildman–Crippen LogP) is 3.45. The Hall–Kier alpha value is -2.82. The molecule has 0 fully saturated rings. The van der Waals surface area contributed by atoms with Gasteiger partial charge in [-0.2, -0.15) is 0 Å². The maximum Gasteiger partial charge on any atom is 0.319 e. The molecule has 1 aliphatic rings. The van der Waals surface area contributed by atoms with Gasteiger partial charge in [0.05, 0.1) is 6.04 Å². The second-order valence-corrected chi connectivity index (χ2v) is 5.65. The first-order chi connectivity index (χ1) is 11.1. The highest BCUT2D eigenvalue weighted by molar-refractivity contribution is 5.91. The van der Waals surface area contributed by atoms with Crippen molar-refractivity contribution in [1.82, 2.24) is 5.32 Å². The maximum absolute atomic E-state index is 12.1.